The fraction of sp³-hybridized carbons (Fsp3) is 0.562. The SMILES string of the molecule is Cc1nn(C)c(C)c1OCC(=O)Nc1ccnn1C1CCCC1. The van der Waals surface area contributed by atoms with Gasteiger partial charge in [-0.05, 0) is 26.7 Å². The molecule has 7 heteroatoms. The van der Waals surface area contributed by atoms with E-state index >= 15 is 0 Å². The van der Waals surface area contributed by atoms with E-state index in [2.05, 4.69) is 15.5 Å². The quantitative estimate of drug-likeness (QED) is 0.918. The summed E-state index contributed by atoms with van der Waals surface area (Å²) < 4.78 is 9.31. The van der Waals surface area contributed by atoms with Crippen LogP contribution >= 0.6 is 0 Å². The summed E-state index contributed by atoms with van der Waals surface area (Å²) in [5.74, 6) is 1.23. The van der Waals surface area contributed by atoms with E-state index in [1.807, 2.05) is 31.6 Å². The zero-order chi connectivity index (χ0) is 16.4. The fourth-order valence-corrected chi connectivity index (χ4v) is 3.13. The first-order chi connectivity index (χ1) is 11.1. The lowest BCUT2D eigenvalue weighted by Gasteiger charge is -2.14. The topological polar surface area (TPSA) is 74.0 Å². The van der Waals surface area contributed by atoms with Crippen LogP contribution in [0.15, 0.2) is 12.3 Å². The number of hydrogen-bond donors (Lipinski definition) is 1. The molecule has 1 N–H and O–H groups in total. The van der Waals surface area contributed by atoms with Gasteiger partial charge in [0, 0.05) is 13.1 Å². The highest BCUT2D eigenvalue weighted by Gasteiger charge is 2.21. The molecule has 0 aliphatic heterocycles. The summed E-state index contributed by atoms with van der Waals surface area (Å²) in [7, 11) is 1.86. The monoisotopic (exact) mass is 317 g/mol. The molecule has 7 nitrogen and oxygen atoms in total. The average molecular weight is 317 g/mol. The highest BCUT2D eigenvalue weighted by molar-refractivity contribution is 5.91. The number of hydrogen-bond acceptors (Lipinski definition) is 4. The minimum atomic E-state index is -0.188. The number of aryl methyl sites for hydroxylation is 2. The Morgan fingerprint density at radius 1 is 1.39 bits per heavy atom. The molecule has 1 fully saturated rings. The minimum Gasteiger partial charge on any atom is -0.480 e. The summed E-state index contributed by atoms with van der Waals surface area (Å²) in [6, 6.07) is 2.22. The summed E-state index contributed by atoms with van der Waals surface area (Å²) in [4.78, 5) is 12.2. The van der Waals surface area contributed by atoms with Crippen LogP contribution in [-0.4, -0.2) is 32.1 Å². The Balaban J connectivity index is 1.61. The van der Waals surface area contributed by atoms with Crippen LogP contribution in [-0.2, 0) is 11.8 Å². The molecule has 0 unspecified atom stereocenters. The van der Waals surface area contributed by atoms with E-state index < -0.39 is 0 Å². The van der Waals surface area contributed by atoms with Crippen molar-refractivity contribution in [2.45, 2.75) is 45.6 Å². The summed E-state index contributed by atoms with van der Waals surface area (Å²) in [6.45, 7) is 3.75. The van der Waals surface area contributed by atoms with Crippen LogP contribution < -0.4 is 10.1 Å². The molecular weight excluding hydrogens is 294 g/mol. The van der Waals surface area contributed by atoms with Crippen molar-refractivity contribution < 1.29 is 9.53 Å². The van der Waals surface area contributed by atoms with E-state index in [0.717, 1.165) is 30.0 Å². The molecule has 0 saturated heterocycles. The summed E-state index contributed by atoms with van der Waals surface area (Å²) in [5, 5.41) is 11.5. The van der Waals surface area contributed by atoms with Crippen molar-refractivity contribution in [3.8, 4) is 5.75 Å². The van der Waals surface area contributed by atoms with Gasteiger partial charge < -0.3 is 10.1 Å². The lowest BCUT2D eigenvalue weighted by atomic mass is 10.2. The maximum Gasteiger partial charge on any atom is 0.263 e. The van der Waals surface area contributed by atoms with Crippen molar-refractivity contribution >= 4 is 11.7 Å². The van der Waals surface area contributed by atoms with Gasteiger partial charge in [0.1, 0.15) is 11.5 Å². The molecule has 1 aliphatic carbocycles. The van der Waals surface area contributed by atoms with Crippen LogP contribution in [0.5, 0.6) is 5.75 Å². The first-order valence-corrected chi connectivity index (χ1v) is 8.02. The molecule has 1 amide bonds. The Bertz CT molecular complexity index is 697. The van der Waals surface area contributed by atoms with Crippen molar-refractivity contribution in [3.63, 3.8) is 0 Å². The standard InChI is InChI=1S/C16H23N5O2/c1-11-16(12(2)20(3)19-11)23-10-15(22)18-14-8-9-17-21(14)13-6-4-5-7-13/h8-9,13H,4-7,10H2,1-3H3,(H,18,22). The van der Waals surface area contributed by atoms with Crippen LogP contribution in [0.1, 0.15) is 43.1 Å². The number of carbonyl (C=O) groups is 1. The first kappa shape index (κ1) is 15.6. The smallest absolute Gasteiger partial charge is 0.263 e. The predicted octanol–water partition coefficient (Wildman–Crippen LogP) is 2.37. The molecule has 0 bridgehead atoms. The molecule has 0 aromatic carbocycles. The van der Waals surface area contributed by atoms with Crippen molar-refractivity contribution in [1.82, 2.24) is 19.6 Å². The second-order valence-corrected chi connectivity index (χ2v) is 6.06. The van der Waals surface area contributed by atoms with Crippen LogP contribution in [0.25, 0.3) is 0 Å². The number of carbonyl (C=O) groups excluding carboxylic acids is 1. The Hall–Kier alpha value is -2.31. The fourth-order valence-electron chi connectivity index (χ4n) is 3.13. The number of aromatic nitrogens is 4. The third-order valence-corrected chi connectivity index (χ3v) is 4.40. The normalized spacial score (nSPS) is 15.1. The van der Waals surface area contributed by atoms with E-state index in [4.69, 9.17) is 4.74 Å². The zero-order valence-corrected chi connectivity index (χ0v) is 13.9. The number of rotatable bonds is 5. The molecule has 0 radical (unpaired) electrons. The van der Waals surface area contributed by atoms with E-state index in [1.54, 1.807) is 10.9 Å². The lowest BCUT2D eigenvalue weighted by Crippen LogP contribution is -2.23. The first-order valence-electron chi connectivity index (χ1n) is 8.02. The summed E-state index contributed by atoms with van der Waals surface area (Å²) in [6.07, 6.45) is 6.41. The molecule has 3 rings (SSSR count). The van der Waals surface area contributed by atoms with Crippen LogP contribution in [0.4, 0.5) is 5.82 Å². The largest absolute Gasteiger partial charge is 0.480 e. The Labute approximate surface area is 135 Å². The van der Waals surface area contributed by atoms with E-state index in [1.165, 1.54) is 12.8 Å². The van der Waals surface area contributed by atoms with Gasteiger partial charge in [0.05, 0.1) is 17.9 Å². The second-order valence-electron chi connectivity index (χ2n) is 6.06. The number of anilines is 1. The van der Waals surface area contributed by atoms with Gasteiger partial charge in [-0.3, -0.25) is 9.48 Å². The molecule has 0 atom stereocenters. The number of amides is 1. The molecule has 1 aliphatic rings. The summed E-state index contributed by atoms with van der Waals surface area (Å²) >= 11 is 0. The maximum atomic E-state index is 12.2. The Kier molecular flexibility index (Phi) is 4.36. The number of ether oxygens (including phenoxy) is 1. The Morgan fingerprint density at radius 2 is 2.13 bits per heavy atom. The van der Waals surface area contributed by atoms with Crippen LogP contribution in [0.3, 0.4) is 0 Å². The molecule has 1 saturated carbocycles. The van der Waals surface area contributed by atoms with Gasteiger partial charge in [-0.2, -0.15) is 10.2 Å². The molecule has 2 aromatic rings. The van der Waals surface area contributed by atoms with Gasteiger partial charge in [0.25, 0.3) is 5.91 Å². The predicted molar refractivity (Wildman–Crippen MR) is 86.5 cm³/mol. The Morgan fingerprint density at radius 3 is 2.78 bits per heavy atom. The number of nitrogens with zero attached hydrogens (tertiary/aromatic N) is 4. The highest BCUT2D eigenvalue weighted by Crippen LogP contribution is 2.31. The van der Waals surface area contributed by atoms with Gasteiger partial charge >= 0.3 is 0 Å². The van der Waals surface area contributed by atoms with Crippen molar-refractivity contribution in [3.05, 3.63) is 23.7 Å². The molecule has 124 valence electrons. The highest BCUT2D eigenvalue weighted by atomic mass is 16.5. The average Bonchev–Trinajstić information content (AvgIpc) is 3.21. The van der Waals surface area contributed by atoms with Crippen molar-refractivity contribution in [1.29, 1.82) is 0 Å². The third-order valence-electron chi connectivity index (χ3n) is 4.40. The van der Waals surface area contributed by atoms with Gasteiger partial charge in [-0.1, -0.05) is 12.8 Å². The van der Waals surface area contributed by atoms with E-state index in [0.29, 0.717) is 11.8 Å². The number of nitrogens with one attached hydrogen (secondary N) is 1. The molecule has 2 heterocycles. The van der Waals surface area contributed by atoms with Crippen LogP contribution in [0, 0.1) is 13.8 Å². The van der Waals surface area contributed by atoms with Gasteiger partial charge in [0.2, 0.25) is 0 Å². The van der Waals surface area contributed by atoms with Crippen molar-refractivity contribution in [2.24, 2.45) is 7.05 Å². The van der Waals surface area contributed by atoms with Crippen molar-refractivity contribution in [2.75, 3.05) is 11.9 Å². The lowest BCUT2D eigenvalue weighted by molar-refractivity contribution is -0.118. The molecular formula is C16H23N5O2. The third kappa shape index (κ3) is 3.23. The molecule has 2 aromatic heterocycles. The van der Waals surface area contributed by atoms with E-state index in [-0.39, 0.29) is 12.5 Å². The molecule has 0 spiro atoms. The maximum absolute atomic E-state index is 12.2. The minimum absolute atomic E-state index is 0.0385. The van der Waals surface area contributed by atoms with Gasteiger partial charge in [-0.25, -0.2) is 4.68 Å². The second kappa shape index (κ2) is 6.44. The van der Waals surface area contributed by atoms with Crippen LogP contribution in [0.2, 0.25) is 0 Å². The summed E-state index contributed by atoms with van der Waals surface area (Å²) in [5.41, 5.74) is 1.69. The zero-order valence-electron chi connectivity index (χ0n) is 13.9. The molecule has 23 heavy (non-hydrogen) atoms. The van der Waals surface area contributed by atoms with Gasteiger partial charge in [-0.15, -0.1) is 0 Å². The van der Waals surface area contributed by atoms with Gasteiger partial charge in [0.15, 0.2) is 12.4 Å². The van der Waals surface area contributed by atoms with E-state index in [9.17, 15) is 4.79 Å².